The maximum Gasteiger partial charge on any atom is 0.111 e. The molecule has 0 saturated carbocycles. The van der Waals surface area contributed by atoms with Gasteiger partial charge in [0.25, 0.3) is 0 Å². The highest BCUT2D eigenvalue weighted by Crippen LogP contribution is 2.29. The molecule has 0 spiro atoms. The molecule has 0 aliphatic heterocycles. The van der Waals surface area contributed by atoms with Crippen LogP contribution < -0.4 is 0 Å². The van der Waals surface area contributed by atoms with Crippen molar-refractivity contribution in [3.8, 4) is 0 Å². The molecule has 0 aliphatic rings. The molecule has 0 bridgehead atoms. The molecule has 116 valence electrons. The van der Waals surface area contributed by atoms with Gasteiger partial charge in [-0.05, 0) is 38.2 Å². The van der Waals surface area contributed by atoms with E-state index in [9.17, 15) is 0 Å². The second-order valence-corrected chi connectivity index (χ2v) is 7.34. The molecule has 0 saturated heterocycles. The molecule has 21 heavy (non-hydrogen) atoms. The Morgan fingerprint density at radius 1 is 1.33 bits per heavy atom. The highest BCUT2D eigenvalue weighted by atomic mass is 79.9. The second kappa shape index (κ2) is 7.12. The summed E-state index contributed by atoms with van der Waals surface area (Å²) in [6.07, 6.45) is 0.796. The molecule has 0 radical (unpaired) electrons. The minimum Gasteiger partial charge on any atom is -0.323 e. The van der Waals surface area contributed by atoms with Gasteiger partial charge in [-0.2, -0.15) is 0 Å². The monoisotopic (exact) mass is 371 g/mol. The molecule has 1 heterocycles. The van der Waals surface area contributed by atoms with Gasteiger partial charge in [0.05, 0.1) is 17.1 Å². The van der Waals surface area contributed by atoms with Crippen LogP contribution in [0.1, 0.15) is 25.7 Å². The molecule has 1 aromatic carbocycles. The predicted molar refractivity (Wildman–Crippen MR) is 94.3 cm³/mol. The second-order valence-electron chi connectivity index (χ2n) is 6.04. The predicted octanol–water partition coefficient (Wildman–Crippen LogP) is 4.34. The molecule has 0 N–H and O–H groups in total. The Kier molecular flexibility index (Phi) is 5.69. The molecule has 5 heteroatoms. The van der Waals surface area contributed by atoms with Crippen LogP contribution in [0.2, 0.25) is 0 Å². The summed E-state index contributed by atoms with van der Waals surface area (Å²) < 4.78 is 3.44. The molecule has 0 fully saturated rings. The summed E-state index contributed by atoms with van der Waals surface area (Å²) in [6.45, 7) is 5.53. The largest absolute Gasteiger partial charge is 0.323 e. The Morgan fingerprint density at radius 2 is 2.05 bits per heavy atom. The molecule has 1 aromatic heterocycles. The zero-order chi connectivity index (χ0) is 15.6. The van der Waals surface area contributed by atoms with Gasteiger partial charge >= 0.3 is 0 Å². The van der Waals surface area contributed by atoms with E-state index in [-0.39, 0.29) is 0 Å². The lowest BCUT2D eigenvalue weighted by Crippen LogP contribution is -2.29. The lowest BCUT2D eigenvalue weighted by molar-refractivity contribution is 0.269. The number of fused-ring (bicyclic) bond motifs is 1. The SMILES string of the molecule is CC(C)C(CN(C)C)n1c(CCCl)nc2cc(Br)ccc21. The van der Waals surface area contributed by atoms with Gasteiger partial charge in [-0.15, -0.1) is 11.6 Å². The van der Waals surface area contributed by atoms with Gasteiger partial charge in [0.2, 0.25) is 0 Å². The molecule has 0 amide bonds. The average Bonchev–Trinajstić information content (AvgIpc) is 2.73. The lowest BCUT2D eigenvalue weighted by atomic mass is 10.0. The number of likely N-dealkylation sites (N-methyl/N-ethyl adjacent to an activating group) is 1. The molecule has 3 nitrogen and oxygen atoms in total. The van der Waals surface area contributed by atoms with Crippen LogP contribution in [0.3, 0.4) is 0 Å². The normalized spacial score (nSPS) is 13.5. The molecule has 2 rings (SSSR count). The zero-order valence-electron chi connectivity index (χ0n) is 13.1. The number of hydrogen-bond donors (Lipinski definition) is 0. The lowest BCUT2D eigenvalue weighted by Gasteiger charge is -2.28. The molecule has 2 aromatic rings. The molecule has 0 aliphatic carbocycles. The third-order valence-electron chi connectivity index (χ3n) is 3.70. The van der Waals surface area contributed by atoms with Crippen LogP contribution in [0.15, 0.2) is 22.7 Å². The fraction of sp³-hybridized carbons (Fsp3) is 0.562. The highest BCUT2D eigenvalue weighted by Gasteiger charge is 2.22. The summed E-state index contributed by atoms with van der Waals surface area (Å²) in [6, 6.07) is 6.70. The summed E-state index contributed by atoms with van der Waals surface area (Å²) in [5.74, 6) is 2.21. The van der Waals surface area contributed by atoms with Crippen molar-refractivity contribution in [2.24, 2.45) is 5.92 Å². The molecule has 1 unspecified atom stereocenters. The minimum absolute atomic E-state index is 0.393. The first-order chi connectivity index (χ1) is 9.93. The topological polar surface area (TPSA) is 21.1 Å². The minimum atomic E-state index is 0.393. The summed E-state index contributed by atoms with van der Waals surface area (Å²) in [7, 11) is 4.23. The van der Waals surface area contributed by atoms with Crippen LogP contribution in [0.5, 0.6) is 0 Å². The Balaban J connectivity index is 2.59. The van der Waals surface area contributed by atoms with E-state index < -0.39 is 0 Å². The van der Waals surface area contributed by atoms with E-state index in [4.69, 9.17) is 16.6 Å². The third-order valence-corrected chi connectivity index (χ3v) is 4.38. The van der Waals surface area contributed by atoms with E-state index >= 15 is 0 Å². The summed E-state index contributed by atoms with van der Waals surface area (Å²) in [4.78, 5) is 7.04. The number of aryl methyl sites for hydroxylation is 1. The number of hydrogen-bond acceptors (Lipinski definition) is 2. The molecular weight excluding hydrogens is 350 g/mol. The van der Waals surface area contributed by atoms with Crippen molar-refractivity contribution in [1.82, 2.24) is 14.5 Å². The first kappa shape index (κ1) is 16.8. The van der Waals surface area contributed by atoms with Gasteiger partial charge in [-0.3, -0.25) is 0 Å². The standard InChI is InChI=1S/C16H23BrClN3/c1-11(2)15(10-20(3)4)21-14-6-5-12(17)9-13(14)19-16(21)7-8-18/h5-6,9,11,15H,7-8,10H2,1-4H3. The first-order valence-corrected chi connectivity index (χ1v) is 8.63. The van der Waals surface area contributed by atoms with E-state index in [1.54, 1.807) is 0 Å². The van der Waals surface area contributed by atoms with E-state index in [0.29, 0.717) is 17.8 Å². The molecular formula is C16H23BrClN3. The fourth-order valence-corrected chi connectivity index (χ4v) is 3.24. The zero-order valence-corrected chi connectivity index (χ0v) is 15.4. The van der Waals surface area contributed by atoms with Crippen molar-refractivity contribution >= 4 is 38.6 Å². The van der Waals surface area contributed by atoms with Crippen LogP contribution >= 0.6 is 27.5 Å². The number of alkyl halides is 1. The Morgan fingerprint density at radius 3 is 2.62 bits per heavy atom. The Hall–Kier alpha value is -0.580. The van der Waals surface area contributed by atoms with Gasteiger partial charge < -0.3 is 9.47 Å². The van der Waals surface area contributed by atoms with E-state index in [1.165, 1.54) is 5.52 Å². The van der Waals surface area contributed by atoms with Crippen LogP contribution in [-0.2, 0) is 6.42 Å². The third kappa shape index (κ3) is 3.79. The van der Waals surface area contributed by atoms with Crippen LogP contribution in [0, 0.1) is 5.92 Å². The number of halogens is 2. The van der Waals surface area contributed by atoms with Crippen LogP contribution in [-0.4, -0.2) is 41.0 Å². The highest BCUT2D eigenvalue weighted by molar-refractivity contribution is 9.10. The number of imidazole rings is 1. The Bertz CT molecular complexity index is 607. The summed E-state index contributed by atoms with van der Waals surface area (Å²) in [5, 5.41) is 0. The first-order valence-electron chi connectivity index (χ1n) is 7.31. The van der Waals surface area contributed by atoms with Gasteiger partial charge in [-0.25, -0.2) is 4.98 Å². The van der Waals surface area contributed by atoms with Gasteiger partial charge in [0.15, 0.2) is 0 Å². The fourth-order valence-electron chi connectivity index (χ4n) is 2.72. The van der Waals surface area contributed by atoms with Gasteiger partial charge in [0.1, 0.15) is 5.82 Å². The number of aromatic nitrogens is 2. The van der Waals surface area contributed by atoms with Gasteiger partial charge in [-0.1, -0.05) is 29.8 Å². The Labute approximate surface area is 140 Å². The maximum atomic E-state index is 5.98. The average molecular weight is 373 g/mol. The maximum absolute atomic E-state index is 5.98. The van der Waals surface area contributed by atoms with E-state index in [2.05, 4.69) is 71.5 Å². The molecule has 1 atom stereocenters. The van der Waals surface area contributed by atoms with Crippen molar-refractivity contribution in [2.75, 3.05) is 26.5 Å². The van der Waals surface area contributed by atoms with Crippen molar-refractivity contribution in [3.05, 3.63) is 28.5 Å². The van der Waals surface area contributed by atoms with E-state index in [0.717, 1.165) is 28.8 Å². The van der Waals surface area contributed by atoms with Crippen molar-refractivity contribution in [1.29, 1.82) is 0 Å². The van der Waals surface area contributed by atoms with Gasteiger partial charge in [0, 0.05) is 23.3 Å². The summed E-state index contributed by atoms with van der Waals surface area (Å²) >= 11 is 9.51. The smallest absolute Gasteiger partial charge is 0.111 e. The number of benzene rings is 1. The van der Waals surface area contributed by atoms with Crippen molar-refractivity contribution < 1.29 is 0 Å². The number of nitrogens with zero attached hydrogens (tertiary/aromatic N) is 3. The summed E-state index contributed by atoms with van der Waals surface area (Å²) in [5.41, 5.74) is 2.23. The van der Waals surface area contributed by atoms with Crippen molar-refractivity contribution in [2.45, 2.75) is 26.3 Å². The van der Waals surface area contributed by atoms with Crippen LogP contribution in [0.4, 0.5) is 0 Å². The quantitative estimate of drug-likeness (QED) is 0.703. The number of rotatable bonds is 6. The van der Waals surface area contributed by atoms with E-state index in [1.807, 2.05) is 0 Å². The van der Waals surface area contributed by atoms with Crippen LogP contribution in [0.25, 0.3) is 11.0 Å². The van der Waals surface area contributed by atoms with Crippen molar-refractivity contribution in [3.63, 3.8) is 0 Å².